The second-order valence-corrected chi connectivity index (χ2v) is 31.7. The van der Waals surface area contributed by atoms with Gasteiger partial charge in [0.1, 0.15) is 0 Å². The number of fused-ring (bicyclic) bond motifs is 12. The first kappa shape index (κ1) is 66.0. The molecule has 3 aliphatic carbocycles. The number of aryl methyl sites for hydroxylation is 5. The summed E-state index contributed by atoms with van der Waals surface area (Å²) in [7, 11) is 0. The van der Waals surface area contributed by atoms with E-state index < -0.39 is 16.2 Å². The molecule has 0 nitrogen and oxygen atoms in total. The lowest BCUT2D eigenvalue weighted by Crippen LogP contribution is -2.28. The van der Waals surface area contributed by atoms with Crippen molar-refractivity contribution in [2.24, 2.45) is 0 Å². The van der Waals surface area contributed by atoms with Crippen molar-refractivity contribution in [1.29, 1.82) is 0 Å². The zero-order valence-electron chi connectivity index (χ0n) is 63.1. The lowest BCUT2D eigenvalue weighted by atomic mass is 9.67. The van der Waals surface area contributed by atoms with Crippen molar-refractivity contribution >= 4 is 32.3 Å². The van der Waals surface area contributed by atoms with Gasteiger partial charge >= 0.3 is 0 Å². The fraction of sp³-hybridized carbons (Fsp3) is 0.0811. The van der Waals surface area contributed by atoms with Crippen LogP contribution < -0.4 is 0 Å². The van der Waals surface area contributed by atoms with Gasteiger partial charge in [0.25, 0.3) is 0 Å². The normalized spacial score (nSPS) is 15.4. The molecule has 524 valence electrons. The minimum absolute atomic E-state index is 0.462. The predicted molar refractivity (Wildman–Crippen MR) is 466 cm³/mol. The molecule has 3 aliphatic rings. The Balaban J connectivity index is 0.684. The van der Waals surface area contributed by atoms with Crippen molar-refractivity contribution in [1.82, 2.24) is 0 Å². The van der Waals surface area contributed by atoms with Crippen LogP contribution in [0.4, 0.5) is 0 Å². The van der Waals surface area contributed by atoms with E-state index >= 15 is 0 Å². The van der Waals surface area contributed by atoms with E-state index in [4.69, 9.17) is 0 Å². The molecule has 2 atom stereocenters. The molecular weight excluding hydrogens is 1330 g/mol. The minimum atomic E-state index is -0.688. The molecule has 0 fully saturated rings. The number of benzene rings is 18. The summed E-state index contributed by atoms with van der Waals surface area (Å²) in [6, 6.07) is 147. The lowest BCUT2D eigenvalue weighted by molar-refractivity contribution is 0.767. The Hall–Kier alpha value is -13.3. The molecule has 0 saturated heterocycles. The van der Waals surface area contributed by atoms with E-state index in [2.05, 4.69) is 417 Å². The van der Waals surface area contributed by atoms with Crippen LogP contribution >= 0.6 is 0 Å². The molecule has 0 aliphatic heterocycles. The SMILES string of the molecule is Cc1ccc(C2(c3ccc(-c4cccc5c4-c4ccc(-c6ccc7ccc(C)cc7c6)cc4C5(c4ccc(C)cc4)c4ccc(Cc5cc6ccc(-c7cccc8c7-c7ccccc7C8(c7ccccc7)c7ccccc7)cc6cc5C)cc4)cc3)c3ccccc3-c3c(-c4ccc5ccc(C)cc5c4)cccc32)cc1. The second kappa shape index (κ2) is 25.7. The third-order valence-corrected chi connectivity index (χ3v) is 25.3. The van der Waals surface area contributed by atoms with Crippen LogP contribution in [0.1, 0.15) is 106 Å². The topological polar surface area (TPSA) is 0 Å². The van der Waals surface area contributed by atoms with Gasteiger partial charge in [-0.1, -0.05) is 380 Å². The van der Waals surface area contributed by atoms with Gasteiger partial charge in [0, 0.05) is 0 Å². The van der Waals surface area contributed by atoms with E-state index in [1.165, 1.54) is 216 Å². The lowest BCUT2D eigenvalue weighted by Gasteiger charge is -2.34. The fourth-order valence-electron chi connectivity index (χ4n) is 20.2. The summed E-state index contributed by atoms with van der Waals surface area (Å²) in [6.45, 7) is 11.1. The van der Waals surface area contributed by atoms with Gasteiger partial charge < -0.3 is 0 Å². The number of hydrogen-bond acceptors (Lipinski definition) is 0. The van der Waals surface area contributed by atoms with E-state index in [0.29, 0.717) is 0 Å². The van der Waals surface area contributed by atoms with Crippen LogP contribution in [-0.2, 0) is 22.7 Å². The molecule has 18 aromatic rings. The third-order valence-electron chi connectivity index (χ3n) is 25.3. The Labute approximate surface area is 651 Å². The summed E-state index contributed by atoms with van der Waals surface area (Å²) in [4.78, 5) is 0. The summed E-state index contributed by atoms with van der Waals surface area (Å²) in [5.41, 5.74) is 40.0. The Kier molecular flexibility index (Phi) is 15.3. The Morgan fingerprint density at radius 3 is 1.03 bits per heavy atom. The standard InChI is InChI=1S/C111H80/c1-70-35-52-90(53-36-70)110(101-29-15-13-24-98(101)108-95(26-18-31-103(108)110)82-47-44-77-42-34-73(4)62-86(77)67-82)93-58-49-78(50-59-93)94-25-16-32-104-106(94)99-60-51-81(79-45-43-76-41-33-72(3)61-85(76)66-79)69-105(99)111(104,91-54-37-71(2)38-55-91)92-56-39-75(40-57-92)64-84-65-80-46-48-83(68-87(80)63-74(84)5)96-27-17-30-102-107(96)97-23-12-14-28-100(97)109(102,88-19-8-6-9-20-88)89-21-10-7-11-22-89/h6-63,65-69H,64H2,1-5H3. The highest BCUT2D eigenvalue weighted by Gasteiger charge is 2.50. The van der Waals surface area contributed by atoms with E-state index in [0.717, 1.165) is 6.42 Å². The summed E-state index contributed by atoms with van der Waals surface area (Å²) >= 11 is 0. The van der Waals surface area contributed by atoms with Crippen molar-refractivity contribution < 1.29 is 0 Å². The number of rotatable bonds is 12. The molecule has 0 bridgehead atoms. The van der Waals surface area contributed by atoms with Gasteiger partial charge in [-0.05, 0) is 259 Å². The molecule has 0 heteroatoms. The maximum Gasteiger partial charge on any atom is 0.0714 e. The van der Waals surface area contributed by atoms with E-state index in [1.807, 2.05) is 0 Å². The highest BCUT2D eigenvalue weighted by molar-refractivity contribution is 6.02. The van der Waals surface area contributed by atoms with Crippen molar-refractivity contribution in [3.8, 4) is 77.9 Å². The molecule has 0 radical (unpaired) electrons. The highest BCUT2D eigenvalue weighted by atomic mass is 14.5. The summed E-state index contributed by atoms with van der Waals surface area (Å²) in [5.74, 6) is 0. The largest absolute Gasteiger partial charge is 0.0714 e. The Bertz CT molecular complexity index is 6750. The van der Waals surface area contributed by atoms with Gasteiger partial charge in [-0.15, -0.1) is 0 Å². The molecular formula is C111H80. The van der Waals surface area contributed by atoms with Gasteiger partial charge in [0.2, 0.25) is 0 Å². The molecule has 0 aromatic heterocycles. The molecule has 18 aromatic carbocycles. The highest BCUT2D eigenvalue weighted by Crippen LogP contribution is 2.63. The molecule has 21 rings (SSSR count). The van der Waals surface area contributed by atoms with E-state index in [1.54, 1.807) is 0 Å². The van der Waals surface area contributed by atoms with Gasteiger partial charge in [-0.2, -0.15) is 0 Å². The second-order valence-electron chi connectivity index (χ2n) is 31.7. The smallest absolute Gasteiger partial charge is 0.0622 e. The van der Waals surface area contributed by atoms with E-state index in [-0.39, 0.29) is 0 Å². The molecule has 0 heterocycles. The van der Waals surface area contributed by atoms with Gasteiger partial charge in [0.05, 0.1) is 16.2 Å². The zero-order chi connectivity index (χ0) is 74.3. The van der Waals surface area contributed by atoms with Crippen molar-refractivity contribution in [2.45, 2.75) is 57.3 Å². The van der Waals surface area contributed by atoms with Crippen molar-refractivity contribution in [3.63, 3.8) is 0 Å². The van der Waals surface area contributed by atoms with Crippen LogP contribution in [0.3, 0.4) is 0 Å². The first-order chi connectivity index (χ1) is 54.5. The minimum Gasteiger partial charge on any atom is -0.0622 e. The fourth-order valence-corrected chi connectivity index (χ4v) is 20.2. The Morgan fingerprint density at radius 1 is 0.189 bits per heavy atom. The first-order valence-electron chi connectivity index (χ1n) is 39.3. The Morgan fingerprint density at radius 2 is 0.523 bits per heavy atom. The molecule has 0 spiro atoms. The molecule has 0 amide bonds. The monoisotopic (exact) mass is 1410 g/mol. The van der Waals surface area contributed by atoms with Crippen LogP contribution in [-0.4, -0.2) is 0 Å². The predicted octanol–water partition coefficient (Wildman–Crippen LogP) is 28.0. The van der Waals surface area contributed by atoms with Crippen LogP contribution in [0.2, 0.25) is 0 Å². The molecule has 0 N–H and O–H groups in total. The average molecular weight is 1410 g/mol. The summed E-state index contributed by atoms with van der Waals surface area (Å²) in [5, 5.41) is 7.50. The molecule has 111 heavy (non-hydrogen) atoms. The van der Waals surface area contributed by atoms with Gasteiger partial charge in [0.15, 0.2) is 0 Å². The van der Waals surface area contributed by atoms with Crippen molar-refractivity contribution in [2.75, 3.05) is 0 Å². The van der Waals surface area contributed by atoms with E-state index in [9.17, 15) is 0 Å². The zero-order valence-corrected chi connectivity index (χ0v) is 63.1. The average Bonchev–Trinajstić information content (AvgIpc) is 1.54. The van der Waals surface area contributed by atoms with Gasteiger partial charge in [-0.3, -0.25) is 0 Å². The summed E-state index contributed by atoms with van der Waals surface area (Å²) < 4.78 is 0. The van der Waals surface area contributed by atoms with Crippen LogP contribution in [0.5, 0.6) is 0 Å². The van der Waals surface area contributed by atoms with Crippen LogP contribution in [0.15, 0.2) is 382 Å². The van der Waals surface area contributed by atoms with Gasteiger partial charge in [-0.25, -0.2) is 0 Å². The molecule has 2 unspecified atom stereocenters. The van der Waals surface area contributed by atoms with Crippen molar-refractivity contribution in [3.05, 3.63) is 488 Å². The van der Waals surface area contributed by atoms with Crippen LogP contribution in [0, 0.1) is 34.6 Å². The number of hydrogen-bond donors (Lipinski definition) is 0. The maximum atomic E-state index is 2.54. The summed E-state index contributed by atoms with van der Waals surface area (Å²) in [6.07, 6.45) is 0.804. The van der Waals surface area contributed by atoms with Crippen LogP contribution in [0.25, 0.3) is 110 Å². The quantitative estimate of drug-likeness (QED) is 0.114. The maximum absolute atomic E-state index is 2.54. The third kappa shape index (κ3) is 10.1. The molecule has 0 saturated carbocycles. The first-order valence-corrected chi connectivity index (χ1v) is 39.3.